The van der Waals surface area contributed by atoms with Crippen molar-refractivity contribution < 1.29 is 4.79 Å². The molecule has 0 bridgehead atoms. The molecule has 0 fully saturated rings. The van der Waals surface area contributed by atoms with Crippen LogP contribution < -0.4 is 10.6 Å². The molecule has 0 spiro atoms. The summed E-state index contributed by atoms with van der Waals surface area (Å²) in [6.07, 6.45) is 1.53. The molecule has 132 valence electrons. The fourth-order valence-electron chi connectivity index (χ4n) is 2.28. The summed E-state index contributed by atoms with van der Waals surface area (Å²) in [7, 11) is 0. The Morgan fingerprint density at radius 2 is 1.73 bits per heavy atom. The van der Waals surface area contributed by atoms with Gasteiger partial charge in [0.05, 0.1) is 0 Å². The van der Waals surface area contributed by atoms with Crippen molar-refractivity contribution in [3.8, 4) is 0 Å². The van der Waals surface area contributed by atoms with Gasteiger partial charge in [0.1, 0.15) is 5.69 Å². The molecule has 7 heteroatoms. The van der Waals surface area contributed by atoms with E-state index in [1.54, 1.807) is 24.3 Å². The first-order valence-corrected chi connectivity index (χ1v) is 8.65. The van der Waals surface area contributed by atoms with Crippen molar-refractivity contribution >= 4 is 40.7 Å². The van der Waals surface area contributed by atoms with Gasteiger partial charge in [0.25, 0.3) is 5.91 Å². The fraction of sp³-hybridized carbons (Fsp3) is 0.105. The van der Waals surface area contributed by atoms with Crippen LogP contribution in [0, 0.1) is 6.92 Å². The number of nitrogens with zero attached hydrogens (tertiary/aromatic N) is 2. The van der Waals surface area contributed by atoms with Crippen molar-refractivity contribution in [1.29, 1.82) is 0 Å². The first kappa shape index (κ1) is 18.2. The monoisotopic (exact) mass is 386 g/mol. The minimum atomic E-state index is -0.371. The average Bonchev–Trinajstić information content (AvgIpc) is 2.60. The lowest BCUT2D eigenvalue weighted by Gasteiger charge is -2.08. The van der Waals surface area contributed by atoms with Crippen LogP contribution in [0.1, 0.15) is 21.6 Å². The number of nitrogens with one attached hydrogen (secondary N) is 2. The molecule has 0 unspecified atom stereocenters. The van der Waals surface area contributed by atoms with E-state index in [1.807, 2.05) is 31.2 Å². The number of anilines is 2. The summed E-state index contributed by atoms with van der Waals surface area (Å²) in [4.78, 5) is 20.8. The molecule has 5 nitrogen and oxygen atoms in total. The van der Waals surface area contributed by atoms with Gasteiger partial charge in [0, 0.05) is 28.5 Å². The first-order chi connectivity index (χ1) is 12.5. The highest BCUT2D eigenvalue weighted by atomic mass is 35.5. The Kier molecular flexibility index (Phi) is 5.71. The summed E-state index contributed by atoms with van der Waals surface area (Å²) < 4.78 is 0. The van der Waals surface area contributed by atoms with Crippen LogP contribution in [0.25, 0.3) is 0 Å². The predicted octanol–water partition coefficient (Wildman–Crippen LogP) is 4.96. The molecule has 3 aromatic rings. The Hall–Kier alpha value is -2.63. The number of halogens is 2. The van der Waals surface area contributed by atoms with Crippen LogP contribution in [0.5, 0.6) is 0 Å². The van der Waals surface area contributed by atoms with Crippen LogP contribution in [0.3, 0.4) is 0 Å². The summed E-state index contributed by atoms with van der Waals surface area (Å²) in [5.41, 5.74) is 3.04. The molecule has 3 rings (SSSR count). The van der Waals surface area contributed by atoms with E-state index in [4.69, 9.17) is 23.2 Å². The maximum atomic E-state index is 12.4. The second kappa shape index (κ2) is 8.17. The smallest absolute Gasteiger partial charge is 0.274 e. The van der Waals surface area contributed by atoms with Gasteiger partial charge in [-0.2, -0.15) is 0 Å². The highest BCUT2D eigenvalue weighted by molar-refractivity contribution is 6.35. The summed E-state index contributed by atoms with van der Waals surface area (Å²) in [5.74, 6) is 0.00599. The third-order valence-corrected chi connectivity index (χ3v) is 4.02. The van der Waals surface area contributed by atoms with Crippen molar-refractivity contribution in [3.63, 3.8) is 0 Å². The summed E-state index contributed by atoms with van der Waals surface area (Å²) in [5, 5.41) is 6.72. The molecule has 0 aliphatic rings. The van der Waals surface area contributed by atoms with E-state index in [9.17, 15) is 4.79 Å². The van der Waals surface area contributed by atoms with Crippen LogP contribution in [0.15, 0.2) is 54.7 Å². The van der Waals surface area contributed by atoms with Crippen molar-refractivity contribution in [2.75, 3.05) is 10.6 Å². The van der Waals surface area contributed by atoms with Crippen molar-refractivity contribution in [2.24, 2.45) is 0 Å². The third-order valence-electron chi connectivity index (χ3n) is 3.58. The summed E-state index contributed by atoms with van der Waals surface area (Å²) in [6, 6.07) is 14.5. The van der Waals surface area contributed by atoms with E-state index in [0.29, 0.717) is 28.2 Å². The van der Waals surface area contributed by atoms with Crippen LogP contribution in [-0.4, -0.2) is 15.9 Å². The molecule has 1 aromatic heterocycles. The second-order valence-corrected chi connectivity index (χ2v) is 6.59. The summed E-state index contributed by atoms with van der Waals surface area (Å²) >= 11 is 11.9. The number of amides is 1. The lowest BCUT2D eigenvalue weighted by molar-refractivity contribution is 0.102. The first-order valence-electron chi connectivity index (χ1n) is 7.89. The molecular weight excluding hydrogens is 371 g/mol. The zero-order valence-electron chi connectivity index (χ0n) is 14.0. The average molecular weight is 387 g/mol. The quantitative estimate of drug-likeness (QED) is 0.650. The molecule has 0 atom stereocenters. The normalized spacial score (nSPS) is 10.4. The number of aromatic nitrogens is 2. The highest BCUT2D eigenvalue weighted by Gasteiger charge is 2.10. The van der Waals surface area contributed by atoms with Crippen LogP contribution in [0.2, 0.25) is 10.0 Å². The third kappa shape index (κ3) is 4.94. The van der Waals surface area contributed by atoms with Crippen LogP contribution in [0.4, 0.5) is 11.6 Å². The number of hydrogen-bond donors (Lipinski definition) is 2. The molecule has 1 heterocycles. The van der Waals surface area contributed by atoms with Gasteiger partial charge in [-0.3, -0.25) is 4.79 Å². The van der Waals surface area contributed by atoms with Crippen molar-refractivity contribution in [2.45, 2.75) is 13.5 Å². The molecule has 2 aromatic carbocycles. The maximum Gasteiger partial charge on any atom is 0.274 e. The molecule has 1 amide bonds. The van der Waals surface area contributed by atoms with Crippen molar-refractivity contribution in [1.82, 2.24) is 9.97 Å². The molecule has 0 radical (unpaired) electrons. The van der Waals surface area contributed by atoms with Crippen molar-refractivity contribution in [3.05, 3.63) is 81.6 Å². The fourth-order valence-corrected chi connectivity index (χ4v) is 2.80. The van der Waals surface area contributed by atoms with Crippen LogP contribution >= 0.6 is 23.2 Å². The Balaban J connectivity index is 1.67. The molecule has 26 heavy (non-hydrogen) atoms. The van der Waals surface area contributed by atoms with Gasteiger partial charge in [-0.25, -0.2) is 9.97 Å². The number of carbonyl (C=O) groups is 1. The minimum absolute atomic E-state index is 0.238. The zero-order chi connectivity index (χ0) is 18.5. The van der Waals surface area contributed by atoms with Gasteiger partial charge in [-0.05, 0) is 36.8 Å². The lowest BCUT2D eigenvalue weighted by atomic mass is 10.1. The number of rotatable bonds is 5. The topological polar surface area (TPSA) is 66.9 Å². The Labute approximate surface area is 161 Å². The van der Waals surface area contributed by atoms with E-state index < -0.39 is 0 Å². The van der Waals surface area contributed by atoms with E-state index in [-0.39, 0.29) is 11.6 Å². The molecular formula is C19H16Cl2N4O. The maximum absolute atomic E-state index is 12.4. The number of aryl methyl sites for hydroxylation is 1. The molecule has 0 saturated carbocycles. The van der Waals surface area contributed by atoms with Gasteiger partial charge in [0.15, 0.2) is 0 Å². The zero-order valence-corrected chi connectivity index (χ0v) is 15.5. The minimum Gasteiger partial charge on any atom is -0.350 e. The highest BCUT2D eigenvalue weighted by Crippen LogP contribution is 2.22. The lowest BCUT2D eigenvalue weighted by Crippen LogP contribution is -2.15. The van der Waals surface area contributed by atoms with Gasteiger partial charge < -0.3 is 10.6 Å². The second-order valence-electron chi connectivity index (χ2n) is 5.72. The van der Waals surface area contributed by atoms with Gasteiger partial charge in [-0.1, -0.05) is 53.0 Å². The van der Waals surface area contributed by atoms with Gasteiger partial charge >= 0.3 is 0 Å². The van der Waals surface area contributed by atoms with E-state index >= 15 is 0 Å². The van der Waals surface area contributed by atoms with E-state index in [0.717, 1.165) is 5.56 Å². The Morgan fingerprint density at radius 3 is 2.42 bits per heavy atom. The van der Waals surface area contributed by atoms with E-state index in [1.165, 1.54) is 11.8 Å². The Bertz CT molecular complexity index is 909. The SMILES string of the molecule is Cc1ccc(CNc2nccc(C(=O)Nc3cc(Cl)cc(Cl)c3)n2)cc1. The number of hydrogen-bond acceptors (Lipinski definition) is 4. The number of benzene rings is 2. The molecule has 0 aliphatic carbocycles. The molecule has 2 N–H and O–H groups in total. The largest absolute Gasteiger partial charge is 0.350 e. The van der Waals surface area contributed by atoms with E-state index in [2.05, 4.69) is 20.6 Å². The van der Waals surface area contributed by atoms with Crippen LogP contribution in [-0.2, 0) is 6.54 Å². The number of carbonyl (C=O) groups excluding carboxylic acids is 1. The Morgan fingerprint density at radius 1 is 1.04 bits per heavy atom. The predicted molar refractivity (Wildman–Crippen MR) is 105 cm³/mol. The summed E-state index contributed by atoms with van der Waals surface area (Å²) in [6.45, 7) is 2.60. The standard InChI is InChI=1S/C19H16Cl2N4O/c1-12-2-4-13(5-3-12)11-23-19-22-7-6-17(25-19)18(26)24-16-9-14(20)8-15(21)10-16/h2-10H,11H2,1H3,(H,24,26)(H,22,23,25). The molecule has 0 saturated heterocycles. The van der Waals surface area contributed by atoms with Gasteiger partial charge in [0.2, 0.25) is 5.95 Å². The van der Waals surface area contributed by atoms with Gasteiger partial charge in [-0.15, -0.1) is 0 Å². The molecule has 0 aliphatic heterocycles.